The van der Waals surface area contributed by atoms with Crippen molar-refractivity contribution in [3.8, 4) is 0 Å². The number of nitrogens with one attached hydrogen (secondary N) is 1. The highest BCUT2D eigenvalue weighted by atomic mass is 15.3. The van der Waals surface area contributed by atoms with Crippen LogP contribution in [0.15, 0.2) is 0 Å². The Morgan fingerprint density at radius 3 is 2.23 bits per heavy atom. The molecule has 0 radical (unpaired) electrons. The molecule has 1 aliphatic carbocycles. The topological polar surface area (TPSA) is 30.3 Å². The van der Waals surface area contributed by atoms with E-state index >= 15 is 0 Å². The van der Waals surface area contributed by atoms with E-state index < -0.39 is 0 Å². The van der Waals surface area contributed by atoms with Gasteiger partial charge >= 0.3 is 0 Å². The normalized spacial score (nSPS) is 25.8. The monoisotopic (exact) mass is 181 g/mol. The number of likely N-dealkylation sites (N-methyl/N-ethyl adjacent to an activating group) is 1. The summed E-state index contributed by atoms with van der Waals surface area (Å²) >= 11 is 0. The van der Waals surface area contributed by atoms with Gasteiger partial charge in [-0.15, -0.1) is 0 Å². The van der Waals surface area contributed by atoms with E-state index in [1.54, 1.807) is 0 Å². The smallest absolute Gasteiger partial charge is 0.0990 e. The molecule has 13 heavy (non-hydrogen) atoms. The van der Waals surface area contributed by atoms with Crippen LogP contribution >= 0.6 is 0 Å². The van der Waals surface area contributed by atoms with E-state index in [0.29, 0.717) is 5.92 Å². The summed E-state index contributed by atoms with van der Waals surface area (Å²) in [7, 11) is 2.16. The van der Waals surface area contributed by atoms with Gasteiger partial charge in [0.25, 0.3) is 0 Å². The van der Waals surface area contributed by atoms with Crippen molar-refractivity contribution in [2.75, 3.05) is 33.2 Å². The van der Waals surface area contributed by atoms with Crippen molar-refractivity contribution >= 4 is 5.84 Å². The molecule has 0 aromatic rings. The van der Waals surface area contributed by atoms with Crippen LogP contribution in [0.2, 0.25) is 0 Å². The lowest BCUT2D eigenvalue weighted by Gasteiger charge is -2.39. The number of hydrogen-bond donors (Lipinski definition) is 1. The molecule has 1 N–H and O–H groups in total. The first-order valence-electron chi connectivity index (χ1n) is 5.29. The minimum Gasteiger partial charge on any atom is -0.358 e. The van der Waals surface area contributed by atoms with Gasteiger partial charge in [0.1, 0.15) is 0 Å². The third-order valence-electron chi connectivity index (χ3n) is 3.34. The zero-order chi connectivity index (χ0) is 9.26. The number of amidine groups is 1. The van der Waals surface area contributed by atoms with Crippen LogP contribution in [0.1, 0.15) is 19.3 Å². The quantitative estimate of drug-likeness (QED) is 0.483. The molecule has 2 rings (SSSR count). The van der Waals surface area contributed by atoms with Crippen molar-refractivity contribution in [1.82, 2.24) is 9.80 Å². The van der Waals surface area contributed by atoms with E-state index in [1.807, 2.05) is 0 Å². The van der Waals surface area contributed by atoms with Crippen LogP contribution in [0.5, 0.6) is 0 Å². The molecule has 74 valence electrons. The van der Waals surface area contributed by atoms with E-state index in [1.165, 1.54) is 19.3 Å². The van der Waals surface area contributed by atoms with Gasteiger partial charge in [0.2, 0.25) is 0 Å². The second-order valence-electron chi connectivity index (χ2n) is 4.30. The average molecular weight is 181 g/mol. The van der Waals surface area contributed by atoms with Crippen LogP contribution in [0.25, 0.3) is 0 Å². The second-order valence-corrected chi connectivity index (χ2v) is 4.30. The summed E-state index contributed by atoms with van der Waals surface area (Å²) in [5.74, 6) is 1.52. The molecule has 1 saturated carbocycles. The lowest BCUT2D eigenvalue weighted by Crippen LogP contribution is -2.49. The second kappa shape index (κ2) is 3.66. The van der Waals surface area contributed by atoms with Gasteiger partial charge in [-0.3, -0.25) is 5.41 Å². The zero-order valence-electron chi connectivity index (χ0n) is 8.42. The number of hydrogen-bond acceptors (Lipinski definition) is 2. The lowest BCUT2D eigenvalue weighted by molar-refractivity contribution is 0.202. The Bertz CT molecular complexity index is 190. The molecule has 0 aromatic heterocycles. The molecule has 0 bridgehead atoms. The van der Waals surface area contributed by atoms with Gasteiger partial charge in [-0.25, -0.2) is 0 Å². The van der Waals surface area contributed by atoms with Crippen LogP contribution in [0, 0.1) is 11.3 Å². The third-order valence-corrected chi connectivity index (χ3v) is 3.34. The molecule has 0 atom stereocenters. The maximum atomic E-state index is 8.01. The highest BCUT2D eigenvalue weighted by molar-refractivity contribution is 5.82. The van der Waals surface area contributed by atoms with Crippen molar-refractivity contribution in [2.24, 2.45) is 5.92 Å². The Morgan fingerprint density at radius 2 is 1.77 bits per heavy atom. The Balaban J connectivity index is 1.83. The van der Waals surface area contributed by atoms with Gasteiger partial charge in [-0.2, -0.15) is 0 Å². The predicted molar refractivity (Wildman–Crippen MR) is 54.1 cm³/mol. The molecule has 0 amide bonds. The van der Waals surface area contributed by atoms with E-state index in [0.717, 1.165) is 32.0 Å². The zero-order valence-corrected chi connectivity index (χ0v) is 8.42. The number of nitrogens with zero attached hydrogens (tertiary/aromatic N) is 2. The first-order chi connectivity index (χ1) is 6.27. The molecule has 3 nitrogen and oxygen atoms in total. The first-order valence-corrected chi connectivity index (χ1v) is 5.29. The van der Waals surface area contributed by atoms with Crippen LogP contribution in [0.3, 0.4) is 0 Å². The van der Waals surface area contributed by atoms with Crippen molar-refractivity contribution in [2.45, 2.75) is 19.3 Å². The van der Waals surface area contributed by atoms with Crippen LogP contribution in [-0.4, -0.2) is 48.9 Å². The summed E-state index contributed by atoms with van der Waals surface area (Å²) in [4.78, 5) is 4.61. The third kappa shape index (κ3) is 1.85. The highest BCUT2D eigenvalue weighted by Gasteiger charge is 2.27. The molecule has 1 heterocycles. The maximum absolute atomic E-state index is 8.01. The van der Waals surface area contributed by atoms with Gasteiger partial charge in [-0.05, 0) is 19.9 Å². The number of rotatable bonds is 1. The molecule has 2 fully saturated rings. The van der Waals surface area contributed by atoms with Crippen LogP contribution in [-0.2, 0) is 0 Å². The summed E-state index contributed by atoms with van der Waals surface area (Å²) < 4.78 is 0. The van der Waals surface area contributed by atoms with E-state index in [2.05, 4.69) is 16.8 Å². The Kier molecular flexibility index (Phi) is 2.54. The van der Waals surface area contributed by atoms with Crippen LogP contribution < -0.4 is 0 Å². The van der Waals surface area contributed by atoms with Gasteiger partial charge in [0.05, 0.1) is 5.84 Å². The first kappa shape index (κ1) is 9.00. The van der Waals surface area contributed by atoms with Gasteiger partial charge in [0, 0.05) is 32.1 Å². The minimum absolute atomic E-state index is 0.600. The number of piperazine rings is 1. The molecule has 0 spiro atoms. The fourth-order valence-electron chi connectivity index (χ4n) is 1.99. The SMILES string of the molecule is CN1CCN(C(=N)C2CCC2)CC1. The molecule has 0 aromatic carbocycles. The summed E-state index contributed by atoms with van der Waals surface area (Å²) in [6.45, 7) is 4.36. The van der Waals surface area contributed by atoms with Crippen molar-refractivity contribution in [1.29, 1.82) is 5.41 Å². The summed E-state index contributed by atoms with van der Waals surface area (Å²) in [6, 6.07) is 0. The van der Waals surface area contributed by atoms with Gasteiger partial charge in [0.15, 0.2) is 0 Å². The van der Waals surface area contributed by atoms with E-state index in [4.69, 9.17) is 5.41 Å². The fraction of sp³-hybridized carbons (Fsp3) is 0.900. The predicted octanol–water partition coefficient (Wildman–Crippen LogP) is 1.01. The van der Waals surface area contributed by atoms with Crippen molar-refractivity contribution in [3.63, 3.8) is 0 Å². The van der Waals surface area contributed by atoms with Crippen LogP contribution in [0.4, 0.5) is 0 Å². The standard InChI is InChI=1S/C10H19N3/c1-12-5-7-13(8-6-12)10(11)9-3-2-4-9/h9,11H,2-8H2,1H3. The Hall–Kier alpha value is -0.570. The molecular formula is C10H19N3. The average Bonchev–Trinajstić information content (AvgIpc) is 2.02. The maximum Gasteiger partial charge on any atom is 0.0990 e. The molecular weight excluding hydrogens is 162 g/mol. The summed E-state index contributed by atoms with van der Waals surface area (Å²) in [5, 5.41) is 8.01. The van der Waals surface area contributed by atoms with Crippen molar-refractivity contribution in [3.05, 3.63) is 0 Å². The molecule has 1 saturated heterocycles. The van der Waals surface area contributed by atoms with Gasteiger partial charge < -0.3 is 9.80 Å². The largest absolute Gasteiger partial charge is 0.358 e. The Labute approximate surface area is 80.2 Å². The molecule has 0 unspecified atom stereocenters. The highest BCUT2D eigenvalue weighted by Crippen LogP contribution is 2.28. The fourth-order valence-corrected chi connectivity index (χ4v) is 1.99. The molecule has 3 heteroatoms. The summed E-state index contributed by atoms with van der Waals surface area (Å²) in [5.41, 5.74) is 0. The van der Waals surface area contributed by atoms with Crippen molar-refractivity contribution < 1.29 is 0 Å². The molecule has 2 aliphatic rings. The Morgan fingerprint density at radius 1 is 1.15 bits per heavy atom. The van der Waals surface area contributed by atoms with E-state index in [9.17, 15) is 0 Å². The van der Waals surface area contributed by atoms with E-state index in [-0.39, 0.29) is 0 Å². The molecule has 1 aliphatic heterocycles. The summed E-state index contributed by atoms with van der Waals surface area (Å²) in [6.07, 6.45) is 3.84. The van der Waals surface area contributed by atoms with Gasteiger partial charge in [-0.1, -0.05) is 6.42 Å². The minimum atomic E-state index is 0.600. The lowest BCUT2D eigenvalue weighted by atomic mass is 9.84.